The summed E-state index contributed by atoms with van der Waals surface area (Å²) in [6.07, 6.45) is 10.9. The molecule has 3 aromatic rings. The summed E-state index contributed by atoms with van der Waals surface area (Å²) in [5.74, 6) is 0.0971. The van der Waals surface area contributed by atoms with Crippen molar-refractivity contribution in [2.75, 3.05) is 19.6 Å². The molecule has 188 valence electrons. The Bertz CT molecular complexity index is 1290. The molecule has 0 bridgehead atoms. The molecule has 0 spiro atoms. The van der Waals surface area contributed by atoms with Crippen LogP contribution in [0.15, 0.2) is 48.5 Å². The van der Waals surface area contributed by atoms with Crippen LogP contribution in [0.2, 0.25) is 10.0 Å². The number of hydrogen-bond acceptors (Lipinski definition) is 2. The average molecular weight is 523 g/mol. The van der Waals surface area contributed by atoms with Crippen LogP contribution in [0.4, 0.5) is 0 Å². The number of unbranched alkanes of at least 4 members (excludes halogenated alkanes) is 1. The molecule has 0 atom stereocenters. The van der Waals surface area contributed by atoms with Gasteiger partial charge in [0, 0.05) is 36.8 Å². The van der Waals surface area contributed by atoms with Crippen LogP contribution >= 0.6 is 23.2 Å². The van der Waals surface area contributed by atoms with Crippen LogP contribution in [0.25, 0.3) is 23.0 Å². The zero-order valence-electron chi connectivity index (χ0n) is 21.1. The molecule has 36 heavy (non-hydrogen) atoms. The fourth-order valence-corrected chi connectivity index (χ4v) is 6.01. The van der Waals surface area contributed by atoms with E-state index in [1.54, 1.807) is 6.07 Å². The maximum Gasteiger partial charge on any atom is 0.270 e. The molecule has 2 aliphatic rings. The van der Waals surface area contributed by atoms with Crippen LogP contribution in [0, 0.1) is 6.92 Å². The molecular formula is C30H33Cl2N3O. The number of amides is 1. The Morgan fingerprint density at radius 2 is 1.72 bits per heavy atom. The van der Waals surface area contributed by atoms with E-state index in [9.17, 15) is 4.79 Å². The van der Waals surface area contributed by atoms with E-state index in [4.69, 9.17) is 23.2 Å². The lowest BCUT2D eigenvalue weighted by atomic mass is 10.0. The summed E-state index contributed by atoms with van der Waals surface area (Å²) in [5.41, 5.74) is 6.94. The van der Waals surface area contributed by atoms with Gasteiger partial charge in [-0.25, -0.2) is 5.01 Å². The van der Waals surface area contributed by atoms with Gasteiger partial charge in [-0.3, -0.25) is 9.80 Å². The number of hydrogen-bond donors (Lipinski definition) is 0. The van der Waals surface area contributed by atoms with Crippen LogP contribution in [0.5, 0.6) is 0 Å². The van der Waals surface area contributed by atoms with E-state index in [2.05, 4.69) is 59.8 Å². The predicted octanol–water partition coefficient (Wildman–Crippen LogP) is 7.97. The van der Waals surface area contributed by atoms with E-state index in [0.29, 0.717) is 16.6 Å². The fraction of sp³-hybridized carbons (Fsp3) is 0.367. The minimum Gasteiger partial charge on any atom is -0.311 e. The first-order valence-electron chi connectivity index (χ1n) is 13.0. The van der Waals surface area contributed by atoms with Gasteiger partial charge in [0.05, 0.1) is 22.0 Å². The van der Waals surface area contributed by atoms with Crippen LogP contribution in [-0.4, -0.2) is 40.1 Å². The summed E-state index contributed by atoms with van der Waals surface area (Å²) in [4.78, 5) is 13.9. The van der Waals surface area contributed by atoms with Crippen LogP contribution in [-0.2, 0) is 6.42 Å². The number of carbonyl (C=O) groups excluding carboxylic acids is 1. The van der Waals surface area contributed by atoms with Crippen LogP contribution in [0.3, 0.4) is 0 Å². The zero-order chi connectivity index (χ0) is 25.2. The van der Waals surface area contributed by atoms with Crippen molar-refractivity contribution >= 4 is 35.2 Å². The standard InChI is InChI=1S/C30H33Cl2N3O/c1-3-4-6-9-22-10-12-23(13-11-22)29-21(2)28-27(35(29)26-15-14-24(31)20-25(26)32)16-19-34(30(28)36)33-17-7-5-8-18-33/h6,9-15,20H,3-5,7-8,16-19H2,1-2H3/b9-6+. The van der Waals surface area contributed by atoms with Crippen molar-refractivity contribution in [2.45, 2.75) is 52.4 Å². The summed E-state index contributed by atoms with van der Waals surface area (Å²) >= 11 is 13.0. The number of rotatable bonds is 6. The molecule has 0 N–H and O–H groups in total. The van der Waals surface area contributed by atoms with E-state index in [0.717, 1.165) is 79.0 Å². The Kier molecular flexibility index (Phi) is 7.57. The van der Waals surface area contributed by atoms with Crippen LogP contribution < -0.4 is 0 Å². The first-order chi connectivity index (χ1) is 17.5. The largest absolute Gasteiger partial charge is 0.311 e. The molecule has 0 radical (unpaired) electrons. The van der Waals surface area contributed by atoms with Gasteiger partial charge in [-0.05, 0) is 61.1 Å². The molecule has 1 fully saturated rings. The van der Waals surface area contributed by atoms with Crippen molar-refractivity contribution in [3.05, 3.63) is 81.0 Å². The topological polar surface area (TPSA) is 28.5 Å². The Balaban J connectivity index is 1.63. The number of piperidine rings is 1. The lowest BCUT2D eigenvalue weighted by Gasteiger charge is -2.39. The number of aromatic nitrogens is 1. The molecule has 5 rings (SSSR count). The third-order valence-corrected chi connectivity index (χ3v) is 7.83. The molecule has 4 nitrogen and oxygen atoms in total. The smallest absolute Gasteiger partial charge is 0.270 e. The van der Waals surface area contributed by atoms with Gasteiger partial charge in [-0.1, -0.05) is 79.4 Å². The molecule has 3 heterocycles. The van der Waals surface area contributed by atoms with E-state index < -0.39 is 0 Å². The molecule has 0 aliphatic carbocycles. The summed E-state index contributed by atoms with van der Waals surface area (Å²) in [6.45, 7) is 6.83. The molecule has 2 aromatic carbocycles. The number of nitrogens with zero attached hydrogens (tertiary/aromatic N) is 3. The van der Waals surface area contributed by atoms with E-state index in [-0.39, 0.29) is 5.91 Å². The second kappa shape index (κ2) is 10.8. The van der Waals surface area contributed by atoms with Gasteiger partial charge in [0.15, 0.2) is 0 Å². The number of benzene rings is 2. The first-order valence-corrected chi connectivity index (χ1v) is 13.8. The predicted molar refractivity (Wildman–Crippen MR) is 150 cm³/mol. The van der Waals surface area contributed by atoms with E-state index in [1.165, 1.54) is 12.0 Å². The number of allylic oxidation sites excluding steroid dienone is 1. The summed E-state index contributed by atoms with van der Waals surface area (Å²) in [5, 5.41) is 5.40. The lowest BCUT2D eigenvalue weighted by Crippen LogP contribution is -2.51. The van der Waals surface area contributed by atoms with Gasteiger partial charge in [0.2, 0.25) is 0 Å². The van der Waals surface area contributed by atoms with Gasteiger partial charge in [0.25, 0.3) is 5.91 Å². The highest BCUT2D eigenvalue weighted by molar-refractivity contribution is 6.35. The number of fused-ring (bicyclic) bond motifs is 1. The van der Waals surface area contributed by atoms with Crippen molar-refractivity contribution in [3.63, 3.8) is 0 Å². The molecule has 0 unspecified atom stereocenters. The second-order valence-electron chi connectivity index (χ2n) is 9.73. The van der Waals surface area contributed by atoms with Crippen molar-refractivity contribution in [2.24, 2.45) is 0 Å². The maximum absolute atomic E-state index is 13.9. The highest BCUT2D eigenvalue weighted by atomic mass is 35.5. The monoisotopic (exact) mass is 521 g/mol. The molecule has 0 saturated carbocycles. The number of hydrazine groups is 1. The zero-order valence-corrected chi connectivity index (χ0v) is 22.6. The normalized spacial score (nSPS) is 16.7. The third-order valence-electron chi connectivity index (χ3n) is 7.30. The van der Waals surface area contributed by atoms with Gasteiger partial charge >= 0.3 is 0 Å². The summed E-state index contributed by atoms with van der Waals surface area (Å²) < 4.78 is 2.19. The highest BCUT2D eigenvalue weighted by Crippen LogP contribution is 2.40. The van der Waals surface area contributed by atoms with E-state index in [1.807, 2.05) is 17.1 Å². The summed E-state index contributed by atoms with van der Waals surface area (Å²) in [7, 11) is 0. The minimum atomic E-state index is 0.0971. The second-order valence-corrected chi connectivity index (χ2v) is 10.6. The van der Waals surface area contributed by atoms with E-state index >= 15 is 0 Å². The maximum atomic E-state index is 13.9. The Hall–Kier alpha value is -2.53. The average Bonchev–Trinajstić information content (AvgIpc) is 3.18. The van der Waals surface area contributed by atoms with Crippen molar-refractivity contribution < 1.29 is 4.79 Å². The van der Waals surface area contributed by atoms with Gasteiger partial charge in [-0.15, -0.1) is 0 Å². The molecule has 2 aliphatic heterocycles. The lowest BCUT2D eigenvalue weighted by molar-refractivity contribution is -0.0237. The highest BCUT2D eigenvalue weighted by Gasteiger charge is 2.36. The fourth-order valence-electron chi connectivity index (χ4n) is 5.51. The minimum absolute atomic E-state index is 0.0971. The number of carbonyl (C=O) groups is 1. The van der Waals surface area contributed by atoms with Crippen molar-refractivity contribution in [1.82, 2.24) is 14.6 Å². The molecule has 1 saturated heterocycles. The van der Waals surface area contributed by atoms with Crippen molar-refractivity contribution in [1.29, 1.82) is 0 Å². The third kappa shape index (κ3) is 4.74. The SMILES string of the molecule is CCC/C=C/c1ccc(-c2c(C)c3c(n2-c2ccc(Cl)cc2Cl)CCN(N2CCCCC2)C3=O)cc1. The van der Waals surface area contributed by atoms with Gasteiger partial charge in [0.1, 0.15) is 0 Å². The molecule has 6 heteroatoms. The molecule has 1 aromatic heterocycles. The summed E-state index contributed by atoms with van der Waals surface area (Å²) in [6, 6.07) is 14.2. The Morgan fingerprint density at radius 3 is 2.42 bits per heavy atom. The molecular weight excluding hydrogens is 489 g/mol. The quantitative estimate of drug-likeness (QED) is 0.329. The molecule has 1 amide bonds. The Labute approximate surface area is 224 Å². The first kappa shape index (κ1) is 25.1. The number of halogens is 2. The van der Waals surface area contributed by atoms with Crippen molar-refractivity contribution in [3.8, 4) is 16.9 Å². The van der Waals surface area contributed by atoms with Gasteiger partial charge < -0.3 is 4.57 Å². The Morgan fingerprint density at radius 1 is 0.972 bits per heavy atom. The van der Waals surface area contributed by atoms with Gasteiger partial charge in [-0.2, -0.15) is 0 Å². The van der Waals surface area contributed by atoms with Crippen LogP contribution in [0.1, 0.15) is 66.2 Å².